The SMILES string of the molecule is Cc1ccc(C(=O)C=Cc2c(C)nn(-c3cccc(Cl)c3)c2Cl)cc1. The topological polar surface area (TPSA) is 34.9 Å². The van der Waals surface area contributed by atoms with Crippen molar-refractivity contribution in [1.82, 2.24) is 9.78 Å². The fraction of sp³-hybridized carbons (Fsp3) is 0.100. The molecular weight excluding hydrogens is 355 g/mol. The van der Waals surface area contributed by atoms with Crippen LogP contribution < -0.4 is 0 Å². The number of carbonyl (C=O) groups excluding carboxylic acids is 1. The van der Waals surface area contributed by atoms with Crippen molar-refractivity contribution in [3.05, 3.63) is 87.2 Å². The van der Waals surface area contributed by atoms with E-state index in [2.05, 4.69) is 5.10 Å². The maximum Gasteiger partial charge on any atom is 0.185 e. The molecule has 3 aromatic rings. The third-order valence-electron chi connectivity index (χ3n) is 3.84. The molecule has 3 rings (SSSR count). The molecule has 0 saturated carbocycles. The van der Waals surface area contributed by atoms with Crippen molar-refractivity contribution >= 4 is 35.1 Å². The Morgan fingerprint density at radius 3 is 2.48 bits per heavy atom. The van der Waals surface area contributed by atoms with Crippen molar-refractivity contribution in [2.24, 2.45) is 0 Å². The lowest BCUT2D eigenvalue weighted by molar-refractivity contribution is 0.104. The van der Waals surface area contributed by atoms with Gasteiger partial charge >= 0.3 is 0 Å². The Morgan fingerprint density at radius 2 is 1.80 bits per heavy atom. The van der Waals surface area contributed by atoms with E-state index in [1.165, 1.54) is 6.08 Å². The summed E-state index contributed by atoms with van der Waals surface area (Å²) >= 11 is 12.5. The number of nitrogens with zero attached hydrogens (tertiary/aromatic N) is 2. The normalized spacial score (nSPS) is 11.2. The molecule has 0 aliphatic heterocycles. The van der Waals surface area contributed by atoms with Crippen LogP contribution in [0, 0.1) is 13.8 Å². The molecule has 1 heterocycles. The van der Waals surface area contributed by atoms with Crippen LogP contribution in [0.4, 0.5) is 0 Å². The standard InChI is InChI=1S/C20H16Cl2N2O/c1-13-6-8-15(9-7-13)19(25)11-10-18-14(2)23-24(20(18)22)17-5-3-4-16(21)12-17/h3-12H,1-2H3. The lowest BCUT2D eigenvalue weighted by atomic mass is 10.1. The van der Waals surface area contributed by atoms with Gasteiger partial charge in [0, 0.05) is 16.1 Å². The summed E-state index contributed by atoms with van der Waals surface area (Å²) in [6, 6.07) is 14.7. The smallest absolute Gasteiger partial charge is 0.185 e. The summed E-state index contributed by atoms with van der Waals surface area (Å²) in [4.78, 5) is 12.3. The molecule has 0 radical (unpaired) electrons. The van der Waals surface area contributed by atoms with Crippen LogP contribution in [-0.2, 0) is 0 Å². The van der Waals surface area contributed by atoms with Crippen LogP contribution in [0.1, 0.15) is 27.2 Å². The Labute approximate surface area is 156 Å². The molecule has 2 aromatic carbocycles. The fourth-order valence-electron chi connectivity index (χ4n) is 2.45. The molecular formula is C20H16Cl2N2O. The second kappa shape index (κ2) is 7.26. The van der Waals surface area contributed by atoms with Gasteiger partial charge in [0.15, 0.2) is 5.78 Å². The monoisotopic (exact) mass is 370 g/mol. The van der Waals surface area contributed by atoms with Crippen molar-refractivity contribution in [2.45, 2.75) is 13.8 Å². The van der Waals surface area contributed by atoms with E-state index >= 15 is 0 Å². The van der Waals surface area contributed by atoms with Gasteiger partial charge in [0.1, 0.15) is 5.15 Å². The first-order valence-corrected chi connectivity index (χ1v) is 8.51. The summed E-state index contributed by atoms with van der Waals surface area (Å²) in [7, 11) is 0. The van der Waals surface area contributed by atoms with Gasteiger partial charge in [0.25, 0.3) is 0 Å². The van der Waals surface area contributed by atoms with Crippen molar-refractivity contribution in [2.75, 3.05) is 0 Å². The largest absolute Gasteiger partial charge is 0.289 e. The molecule has 0 fully saturated rings. The Morgan fingerprint density at radius 1 is 1.08 bits per heavy atom. The average Bonchev–Trinajstić information content (AvgIpc) is 2.88. The number of halogens is 2. The summed E-state index contributed by atoms with van der Waals surface area (Å²) < 4.78 is 1.61. The van der Waals surface area contributed by atoms with Gasteiger partial charge in [0.2, 0.25) is 0 Å². The number of hydrogen-bond acceptors (Lipinski definition) is 2. The first kappa shape index (κ1) is 17.5. The quantitative estimate of drug-likeness (QED) is 0.436. The molecule has 0 amide bonds. The van der Waals surface area contributed by atoms with E-state index in [0.717, 1.165) is 16.9 Å². The maximum atomic E-state index is 12.3. The molecule has 0 unspecified atom stereocenters. The molecule has 1 aromatic heterocycles. The van der Waals surface area contributed by atoms with Crippen LogP contribution in [0.3, 0.4) is 0 Å². The van der Waals surface area contributed by atoms with Gasteiger partial charge in [-0.15, -0.1) is 0 Å². The second-order valence-corrected chi connectivity index (χ2v) is 6.54. The lowest BCUT2D eigenvalue weighted by Crippen LogP contribution is -1.96. The van der Waals surface area contributed by atoms with Crippen molar-refractivity contribution in [3.8, 4) is 5.69 Å². The van der Waals surface area contributed by atoms with Crippen LogP contribution in [-0.4, -0.2) is 15.6 Å². The molecule has 0 aliphatic carbocycles. The Bertz CT molecular complexity index is 956. The summed E-state index contributed by atoms with van der Waals surface area (Å²) in [5.41, 5.74) is 3.96. The molecule has 3 nitrogen and oxygen atoms in total. The number of benzene rings is 2. The lowest BCUT2D eigenvalue weighted by Gasteiger charge is -2.03. The fourth-order valence-corrected chi connectivity index (χ4v) is 2.97. The zero-order valence-electron chi connectivity index (χ0n) is 13.8. The minimum Gasteiger partial charge on any atom is -0.289 e. The highest BCUT2D eigenvalue weighted by Gasteiger charge is 2.13. The molecule has 5 heteroatoms. The highest BCUT2D eigenvalue weighted by Crippen LogP contribution is 2.26. The first-order valence-electron chi connectivity index (χ1n) is 7.76. The molecule has 0 spiro atoms. The van der Waals surface area contributed by atoms with E-state index in [9.17, 15) is 4.79 Å². The first-order chi connectivity index (χ1) is 12.0. The van der Waals surface area contributed by atoms with Gasteiger partial charge in [-0.3, -0.25) is 4.79 Å². The highest BCUT2D eigenvalue weighted by atomic mass is 35.5. The molecule has 0 aliphatic rings. The number of carbonyl (C=O) groups is 1. The summed E-state index contributed by atoms with van der Waals surface area (Å²) in [5.74, 6) is -0.0778. The molecule has 0 atom stereocenters. The molecule has 0 N–H and O–H groups in total. The average molecular weight is 371 g/mol. The number of allylic oxidation sites excluding steroid dienone is 1. The molecule has 126 valence electrons. The zero-order chi connectivity index (χ0) is 18.0. The number of hydrogen-bond donors (Lipinski definition) is 0. The van der Waals surface area contributed by atoms with E-state index in [0.29, 0.717) is 21.3 Å². The van der Waals surface area contributed by atoms with Gasteiger partial charge in [-0.2, -0.15) is 5.10 Å². The van der Waals surface area contributed by atoms with Crippen molar-refractivity contribution in [1.29, 1.82) is 0 Å². The van der Waals surface area contributed by atoms with Gasteiger partial charge < -0.3 is 0 Å². The van der Waals surface area contributed by atoms with Gasteiger partial charge in [-0.05, 0) is 44.2 Å². The molecule has 25 heavy (non-hydrogen) atoms. The Balaban J connectivity index is 1.90. The zero-order valence-corrected chi connectivity index (χ0v) is 15.3. The van der Waals surface area contributed by atoms with E-state index in [1.54, 1.807) is 22.9 Å². The summed E-state index contributed by atoms with van der Waals surface area (Å²) in [5, 5.41) is 5.49. The summed E-state index contributed by atoms with van der Waals surface area (Å²) in [6.07, 6.45) is 3.22. The predicted octanol–water partition coefficient (Wildman–Crippen LogP) is 5.69. The van der Waals surface area contributed by atoms with Crippen LogP contribution in [0.2, 0.25) is 10.2 Å². The number of rotatable bonds is 4. The number of aromatic nitrogens is 2. The molecule has 0 saturated heterocycles. The van der Waals surface area contributed by atoms with Crippen LogP contribution in [0.15, 0.2) is 54.6 Å². The number of aryl methyl sites for hydroxylation is 2. The Hall–Kier alpha value is -2.36. The minimum atomic E-state index is -0.0778. The van der Waals surface area contributed by atoms with E-state index in [4.69, 9.17) is 23.2 Å². The Kier molecular flexibility index (Phi) is 5.07. The number of ketones is 1. The minimum absolute atomic E-state index is 0.0778. The van der Waals surface area contributed by atoms with Crippen LogP contribution in [0.5, 0.6) is 0 Å². The van der Waals surface area contributed by atoms with Crippen LogP contribution >= 0.6 is 23.2 Å². The second-order valence-electron chi connectivity index (χ2n) is 5.75. The maximum absolute atomic E-state index is 12.3. The van der Waals surface area contributed by atoms with E-state index < -0.39 is 0 Å². The third-order valence-corrected chi connectivity index (χ3v) is 4.44. The third kappa shape index (κ3) is 3.84. The molecule has 0 bridgehead atoms. The van der Waals surface area contributed by atoms with Crippen molar-refractivity contribution in [3.63, 3.8) is 0 Å². The van der Waals surface area contributed by atoms with Gasteiger partial charge in [-0.1, -0.05) is 59.1 Å². The van der Waals surface area contributed by atoms with Gasteiger partial charge in [-0.25, -0.2) is 4.68 Å². The highest BCUT2D eigenvalue weighted by molar-refractivity contribution is 6.32. The van der Waals surface area contributed by atoms with Crippen LogP contribution in [0.25, 0.3) is 11.8 Å². The van der Waals surface area contributed by atoms with E-state index in [1.807, 2.05) is 50.2 Å². The predicted molar refractivity (Wildman–Crippen MR) is 103 cm³/mol. The van der Waals surface area contributed by atoms with Crippen molar-refractivity contribution < 1.29 is 4.79 Å². The van der Waals surface area contributed by atoms with E-state index in [-0.39, 0.29) is 5.78 Å². The summed E-state index contributed by atoms with van der Waals surface area (Å²) in [6.45, 7) is 3.83. The van der Waals surface area contributed by atoms with Gasteiger partial charge in [0.05, 0.1) is 11.4 Å².